The molecule has 0 aliphatic heterocycles. The van der Waals surface area contributed by atoms with Crippen LogP contribution in [0.25, 0.3) is 0 Å². The number of rotatable bonds is 4. The van der Waals surface area contributed by atoms with Crippen molar-refractivity contribution in [3.05, 3.63) is 0 Å². The van der Waals surface area contributed by atoms with Gasteiger partial charge in [-0.3, -0.25) is 0 Å². The number of hydrogen-bond acceptors (Lipinski definition) is 3. The summed E-state index contributed by atoms with van der Waals surface area (Å²) in [5, 5.41) is 3.42. The minimum absolute atomic E-state index is 0.370. The lowest BCUT2D eigenvalue weighted by Gasteiger charge is -2.37. The Labute approximate surface area is 104 Å². The molecule has 1 rings (SSSR count). The Morgan fingerprint density at radius 1 is 1.29 bits per heavy atom. The normalized spacial score (nSPS) is 25.6. The highest BCUT2D eigenvalue weighted by molar-refractivity contribution is 5.64. The molecule has 0 aromatic rings. The first-order valence-corrected chi connectivity index (χ1v) is 6.55. The molecule has 0 atom stereocenters. The van der Waals surface area contributed by atoms with E-state index in [-0.39, 0.29) is 0 Å². The van der Waals surface area contributed by atoms with E-state index >= 15 is 0 Å². The Balaban J connectivity index is 2.13. The van der Waals surface area contributed by atoms with E-state index in [1.54, 1.807) is 0 Å². The molecule has 1 aliphatic rings. The number of carbonyl (C=O) groups is 1. The van der Waals surface area contributed by atoms with Crippen LogP contribution in [-0.2, 0) is 4.74 Å². The zero-order valence-electron chi connectivity index (χ0n) is 11.3. The average Bonchev–Trinajstić information content (AvgIpc) is 2.23. The second-order valence-corrected chi connectivity index (χ2v) is 6.04. The molecule has 0 aromatic carbocycles. The highest BCUT2D eigenvalue weighted by atomic mass is 16.5. The van der Waals surface area contributed by atoms with Gasteiger partial charge in [-0.25, -0.2) is 4.79 Å². The average molecular weight is 242 g/mol. The SMILES string of the molecule is CC(C)(C)C1CCC(NCCOC(N)=O)CC1. The van der Waals surface area contributed by atoms with Crippen LogP contribution in [0.2, 0.25) is 0 Å². The lowest BCUT2D eigenvalue weighted by Crippen LogP contribution is -2.38. The van der Waals surface area contributed by atoms with E-state index in [9.17, 15) is 4.79 Å². The Morgan fingerprint density at radius 3 is 2.35 bits per heavy atom. The quantitative estimate of drug-likeness (QED) is 0.743. The summed E-state index contributed by atoms with van der Waals surface area (Å²) >= 11 is 0. The van der Waals surface area contributed by atoms with Crippen LogP contribution >= 0.6 is 0 Å². The van der Waals surface area contributed by atoms with E-state index in [1.165, 1.54) is 25.7 Å². The Hall–Kier alpha value is -0.770. The summed E-state index contributed by atoms with van der Waals surface area (Å²) in [5.74, 6) is 0.836. The van der Waals surface area contributed by atoms with Crippen molar-refractivity contribution < 1.29 is 9.53 Å². The number of amides is 1. The molecule has 4 heteroatoms. The van der Waals surface area contributed by atoms with Crippen molar-refractivity contribution in [1.29, 1.82) is 0 Å². The molecular formula is C13H26N2O2. The first-order chi connectivity index (χ1) is 7.89. The Morgan fingerprint density at radius 2 is 1.88 bits per heavy atom. The van der Waals surface area contributed by atoms with Gasteiger partial charge in [0.25, 0.3) is 0 Å². The summed E-state index contributed by atoms with van der Waals surface area (Å²) in [6.07, 6.45) is 4.33. The van der Waals surface area contributed by atoms with Crippen LogP contribution in [0, 0.1) is 11.3 Å². The molecular weight excluding hydrogens is 216 g/mol. The fourth-order valence-electron chi connectivity index (χ4n) is 2.58. The van der Waals surface area contributed by atoms with Gasteiger partial charge in [0, 0.05) is 12.6 Å². The minimum atomic E-state index is -0.691. The van der Waals surface area contributed by atoms with Crippen LogP contribution in [0.1, 0.15) is 46.5 Å². The topological polar surface area (TPSA) is 64.3 Å². The van der Waals surface area contributed by atoms with Crippen LogP contribution in [0.3, 0.4) is 0 Å². The second kappa shape index (κ2) is 6.24. The summed E-state index contributed by atoms with van der Waals surface area (Å²) in [4.78, 5) is 10.4. The van der Waals surface area contributed by atoms with E-state index < -0.39 is 6.09 Å². The standard InChI is InChI=1S/C13H26N2O2/c1-13(2,3)10-4-6-11(7-5-10)15-8-9-17-12(14)16/h10-11,15H,4-9H2,1-3H3,(H2,14,16). The van der Waals surface area contributed by atoms with Crippen molar-refractivity contribution in [2.75, 3.05) is 13.2 Å². The van der Waals surface area contributed by atoms with Crippen LogP contribution in [0.5, 0.6) is 0 Å². The number of primary amides is 1. The van der Waals surface area contributed by atoms with Crippen LogP contribution in [0.4, 0.5) is 4.79 Å². The molecule has 0 radical (unpaired) electrons. The summed E-state index contributed by atoms with van der Waals surface area (Å²) in [6, 6.07) is 0.574. The maximum Gasteiger partial charge on any atom is 0.404 e. The molecule has 0 aromatic heterocycles. The number of ether oxygens (including phenoxy) is 1. The largest absolute Gasteiger partial charge is 0.448 e. The third-order valence-electron chi connectivity index (χ3n) is 3.73. The summed E-state index contributed by atoms with van der Waals surface area (Å²) in [6.45, 7) is 8.05. The van der Waals surface area contributed by atoms with Crippen molar-refractivity contribution in [2.45, 2.75) is 52.5 Å². The number of nitrogens with two attached hydrogens (primary N) is 1. The third-order valence-corrected chi connectivity index (χ3v) is 3.73. The van der Waals surface area contributed by atoms with Gasteiger partial charge in [-0.15, -0.1) is 0 Å². The third kappa shape index (κ3) is 5.39. The molecule has 17 heavy (non-hydrogen) atoms. The number of nitrogens with one attached hydrogen (secondary N) is 1. The van der Waals surface area contributed by atoms with Gasteiger partial charge in [0.15, 0.2) is 0 Å². The van der Waals surface area contributed by atoms with E-state index in [0.717, 1.165) is 5.92 Å². The summed E-state index contributed by atoms with van der Waals surface area (Å²) in [7, 11) is 0. The molecule has 1 saturated carbocycles. The molecule has 1 fully saturated rings. The summed E-state index contributed by atoms with van der Waals surface area (Å²) < 4.78 is 4.68. The Kier molecular flexibility index (Phi) is 5.25. The molecule has 4 nitrogen and oxygen atoms in total. The van der Waals surface area contributed by atoms with Crippen LogP contribution < -0.4 is 11.1 Å². The van der Waals surface area contributed by atoms with Gasteiger partial charge in [0.2, 0.25) is 0 Å². The highest BCUT2D eigenvalue weighted by Crippen LogP contribution is 2.37. The first-order valence-electron chi connectivity index (χ1n) is 6.55. The molecule has 0 saturated heterocycles. The zero-order chi connectivity index (χ0) is 12.9. The van der Waals surface area contributed by atoms with Gasteiger partial charge in [-0.05, 0) is 37.0 Å². The number of hydrogen-bond donors (Lipinski definition) is 2. The molecule has 0 unspecified atom stereocenters. The first kappa shape index (κ1) is 14.3. The lowest BCUT2D eigenvalue weighted by atomic mass is 9.71. The lowest BCUT2D eigenvalue weighted by molar-refractivity contribution is 0.144. The van der Waals surface area contributed by atoms with E-state index in [1.807, 2.05) is 0 Å². The van der Waals surface area contributed by atoms with Crippen LogP contribution in [0.15, 0.2) is 0 Å². The zero-order valence-corrected chi connectivity index (χ0v) is 11.3. The molecule has 0 bridgehead atoms. The van der Waals surface area contributed by atoms with Crippen molar-refractivity contribution in [3.8, 4) is 0 Å². The fraction of sp³-hybridized carbons (Fsp3) is 0.923. The van der Waals surface area contributed by atoms with Gasteiger partial charge in [-0.2, -0.15) is 0 Å². The Bertz CT molecular complexity index is 240. The molecule has 100 valence electrons. The van der Waals surface area contributed by atoms with Gasteiger partial charge in [0.05, 0.1) is 0 Å². The molecule has 3 N–H and O–H groups in total. The minimum Gasteiger partial charge on any atom is -0.448 e. The molecule has 1 aliphatic carbocycles. The van der Waals surface area contributed by atoms with Crippen molar-refractivity contribution in [3.63, 3.8) is 0 Å². The maximum atomic E-state index is 10.4. The molecule has 0 heterocycles. The molecule has 0 spiro atoms. The second-order valence-electron chi connectivity index (χ2n) is 6.04. The van der Waals surface area contributed by atoms with Crippen LogP contribution in [-0.4, -0.2) is 25.3 Å². The highest BCUT2D eigenvalue weighted by Gasteiger charge is 2.29. The van der Waals surface area contributed by atoms with Gasteiger partial charge >= 0.3 is 6.09 Å². The maximum absolute atomic E-state index is 10.4. The monoisotopic (exact) mass is 242 g/mol. The van der Waals surface area contributed by atoms with E-state index in [2.05, 4.69) is 30.8 Å². The van der Waals surface area contributed by atoms with Crippen molar-refractivity contribution >= 4 is 6.09 Å². The molecule has 1 amide bonds. The van der Waals surface area contributed by atoms with Crippen molar-refractivity contribution in [1.82, 2.24) is 5.32 Å². The van der Waals surface area contributed by atoms with Gasteiger partial charge in [-0.1, -0.05) is 20.8 Å². The summed E-state index contributed by atoms with van der Waals surface area (Å²) in [5.41, 5.74) is 5.32. The van der Waals surface area contributed by atoms with E-state index in [0.29, 0.717) is 24.6 Å². The predicted octanol–water partition coefficient (Wildman–Crippen LogP) is 2.28. The van der Waals surface area contributed by atoms with Crippen molar-refractivity contribution in [2.24, 2.45) is 17.1 Å². The fourth-order valence-corrected chi connectivity index (χ4v) is 2.58. The van der Waals surface area contributed by atoms with Gasteiger partial charge < -0.3 is 15.8 Å². The predicted molar refractivity (Wildman–Crippen MR) is 68.7 cm³/mol. The smallest absolute Gasteiger partial charge is 0.404 e. The van der Waals surface area contributed by atoms with E-state index in [4.69, 9.17) is 5.73 Å². The van der Waals surface area contributed by atoms with Gasteiger partial charge in [0.1, 0.15) is 6.61 Å². The number of carbonyl (C=O) groups excluding carboxylic acids is 1.